The van der Waals surface area contributed by atoms with E-state index in [1.165, 1.54) is 0 Å². The molecule has 3 nitrogen and oxygen atoms in total. The van der Waals surface area contributed by atoms with Gasteiger partial charge in [0.1, 0.15) is 5.75 Å². The molecule has 1 saturated heterocycles. The van der Waals surface area contributed by atoms with E-state index < -0.39 is 0 Å². The van der Waals surface area contributed by atoms with Gasteiger partial charge in [-0.3, -0.25) is 0 Å². The van der Waals surface area contributed by atoms with Crippen LogP contribution < -0.4 is 10.5 Å². The van der Waals surface area contributed by atoms with Crippen LogP contribution in [0.25, 0.3) is 0 Å². The summed E-state index contributed by atoms with van der Waals surface area (Å²) in [6.45, 7) is 3.45. The SMILES string of the molecule is CCOc1cccc(C(N)C2CSCCO2)c1. The molecule has 4 heteroatoms. The Bertz CT molecular complexity index is 353. The van der Waals surface area contributed by atoms with Crippen LogP contribution in [0.2, 0.25) is 0 Å². The Hall–Kier alpha value is -0.710. The Balaban J connectivity index is 2.06. The monoisotopic (exact) mass is 253 g/mol. The second-order valence-corrected chi connectivity index (χ2v) is 5.17. The Morgan fingerprint density at radius 2 is 2.47 bits per heavy atom. The van der Waals surface area contributed by atoms with E-state index in [9.17, 15) is 0 Å². The van der Waals surface area contributed by atoms with Gasteiger partial charge in [0, 0.05) is 11.5 Å². The molecule has 0 bridgehead atoms. The highest BCUT2D eigenvalue weighted by Crippen LogP contribution is 2.25. The van der Waals surface area contributed by atoms with E-state index in [1.807, 2.05) is 43.0 Å². The van der Waals surface area contributed by atoms with Gasteiger partial charge in [0.2, 0.25) is 0 Å². The molecular weight excluding hydrogens is 234 g/mol. The number of benzene rings is 1. The van der Waals surface area contributed by atoms with Crippen molar-refractivity contribution >= 4 is 11.8 Å². The van der Waals surface area contributed by atoms with Crippen molar-refractivity contribution in [1.82, 2.24) is 0 Å². The van der Waals surface area contributed by atoms with E-state index in [0.717, 1.165) is 29.4 Å². The number of thioether (sulfide) groups is 1. The standard InChI is InChI=1S/C13H19NO2S/c1-2-15-11-5-3-4-10(8-11)13(14)12-9-17-7-6-16-12/h3-5,8,12-13H,2,6-7,9,14H2,1H3. The summed E-state index contributed by atoms with van der Waals surface area (Å²) in [6, 6.07) is 7.92. The lowest BCUT2D eigenvalue weighted by Crippen LogP contribution is -2.34. The molecule has 2 rings (SSSR count). The maximum absolute atomic E-state index is 6.24. The summed E-state index contributed by atoms with van der Waals surface area (Å²) in [4.78, 5) is 0. The van der Waals surface area contributed by atoms with Gasteiger partial charge in [-0.1, -0.05) is 12.1 Å². The minimum atomic E-state index is -0.0665. The molecule has 0 aliphatic carbocycles. The normalized spacial score (nSPS) is 22.1. The smallest absolute Gasteiger partial charge is 0.119 e. The molecule has 0 amide bonds. The molecule has 2 unspecified atom stereocenters. The third kappa shape index (κ3) is 3.37. The molecule has 94 valence electrons. The molecule has 1 aliphatic rings. The average Bonchev–Trinajstić information content (AvgIpc) is 2.40. The molecule has 0 saturated carbocycles. The predicted molar refractivity (Wildman–Crippen MR) is 71.6 cm³/mol. The van der Waals surface area contributed by atoms with E-state index in [4.69, 9.17) is 15.2 Å². The highest BCUT2D eigenvalue weighted by molar-refractivity contribution is 7.99. The largest absolute Gasteiger partial charge is 0.494 e. The highest BCUT2D eigenvalue weighted by Gasteiger charge is 2.23. The van der Waals surface area contributed by atoms with E-state index in [-0.39, 0.29) is 12.1 Å². The van der Waals surface area contributed by atoms with Gasteiger partial charge < -0.3 is 15.2 Å². The van der Waals surface area contributed by atoms with Crippen molar-refractivity contribution in [1.29, 1.82) is 0 Å². The van der Waals surface area contributed by atoms with Crippen molar-refractivity contribution in [2.45, 2.75) is 19.1 Å². The fourth-order valence-electron chi connectivity index (χ4n) is 1.91. The Labute approximate surface area is 107 Å². The van der Waals surface area contributed by atoms with Gasteiger partial charge in [0.25, 0.3) is 0 Å². The molecule has 1 heterocycles. The van der Waals surface area contributed by atoms with Gasteiger partial charge in [-0.25, -0.2) is 0 Å². The van der Waals surface area contributed by atoms with E-state index in [2.05, 4.69) is 0 Å². The zero-order valence-electron chi connectivity index (χ0n) is 10.1. The molecule has 2 N–H and O–H groups in total. The molecule has 0 radical (unpaired) electrons. The van der Waals surface area contributed by atoms with Crippen LogP contribution in [-0.2, 0) is 4.74 Å². The summed E-state index contributed by atoms with van der Waals surface area (Å²) in [5.41, 5.74) is 7.33. The van der Waals surface area contributed by atoms with Gasteiger partial charge in [-0.05, 0) is 24.6 Å². The number of hydrogen-bond acceptors (Lipinski definition) is 4. The van der Waals surface area contributed by atoms with E-state index >= 15 is 0 Å². The molecule has 1 aromatic rings. The topological polar surface area (TPSA) is 44.5 Å². The van der Waals surface area contributed by atoms with Crippen molar-refractivity contribution < 1.29 is 9.47 Å². The first-order valence-electron chi connectivity index (χ1n) is 5.99. The summed E-state index contributed by atoms with van der Waals surface area (Å²) in [5.74, 6) is 2.92. The predicted octanol–water partition coefficient (Wildman–Crippen LogP) is 2.22. The average molecular weight is 253 g/mol. The van der Waals surface area contributed by atoms with Crippen LogP contribution in [0.15, 0.2) is 24.3 Å². The minimum absolute atomic E-state index is 0.0665. The van der Waals surface area contributed by atoms with Crippen LogP contribution in [0.4, 0.5) is 0 Å². The fourth-order valence-corrected chi connectivity index (χ4v) is 2.82. The van der Waals surface area contributed by atoms with Crippen molar-refractivity contribution in [3.63, 3.8) is 0 Å². The summed E-state index contributed by atoms with van der Waals surface area (Å²) in [5, 5.41) is 0. The number of rotatable bonds is 4. The molecule has 17 heavy (non-hydrogen) atoms. The number of nitrogens with two attached hydrogens (primary N) is 1. The molecule has 1 aromatic carbocycles. The van der Waals surface area contributed by atoms with Gasteiger partial charge >= 0.3 is 0 Å². The van der Waals surface area contributed by atoms with Gasteiger partial charge in [-0.2, -0.15) is 11.8 Å². The zero-order chi connectivity index (χ0) is 12.1. The van der Waals surface area contributed by atoms with Crippen LogP contribution in [0.1, 0.15) is 18.5 Å². The Morgan fingerprint density at radius 3 is 3.18 bits per heavy atom. The van der Waals surface area contributed by atoms with Gasteiger partial charge in [0.05, 0.1) is 25.4 Å². The Kier molecular flexibility index (Phi) is 4.71. The van der Waals surface area contributed by atoms with Crippen molar-refractivity contribution in [3.8, 4) is 5.75 Å². The second kappa shape index (κ2) is 6.28. The van der Waals surface area contributed by atoms with Crippen LogP contribution >= 0.6 is 11.8 Å². The summed E-state index contributed by atoms with van der Waals surface area (Å²) < 4.78 is 11.2. The lowest BCUT2D eigenvalue weighted by Gasteiger charge is -2.28. The van der Waals surface area contributed by atoms with E-state index in [0.29, 0.717) is 6.61 Å². The maximum Gasteiger partial charge on any atom is 0.119 e. The maximum atomic E-state index is 6.24. The van der Waals surface area contributed by atoms with Gasteiger partial charge in [-0.15, -0.1) is 0 Å². The molecule has 1 fully saturated rings. The van der Waals surface area contributed by atoms with Crippen molar-refractivity contribution in [2.75, 3.05) is 24.7 Å². The summed E-state index contributed by atoms with van der Waals surface area (Å²) >= 11 is 1.90. The van der Waals surface area contributed by atoms with Crippen LogP contribution in [-0.4, -0.2) is 30.8 Å². The Morgan fingerprint density at radius 1 is 1.59 bits per heavy atom. The summed E-state index contributed by atoms with van der Waals surface area (Å²) in [6.07, 6.45) is 0.116. The van der Waals surface area contributed by atoms with Crippen molar-refractivity contribution in [2.24, 2.45) is 5.73 Å². The second-order valence-electron chi connectivity index (χ2n) is 4.02. The lowest BCUT2D eigenvalue weighted by atomic mass is 10.0. The molecule has 1 aliphatic heterocycles. The highest BCUT2D eigenvalue weighted by atomic mass is 32.2. The van der Waals surface area contributed by atoms with Crippen LogP contribution in [0, 0.1) is 0 Å². The number of hydrogen-bond donors (Lipinski definition) is 1. The molecule has 2 atom stereocenters. The quantitative estimate of drug-likeness (QED) is 0.893. The lowest BCUT2D eigenvalue weighted by molar-refractivity contribution is 0.0569. The zero-order valence-corrected chi connectivity index (χ0v) is 10.9. The third-order valence-electron chi connectivity index (χ3n) is 2.80. The molecular formula is C13H19NO2S. The minimum Gasteiger partial charge on any atom is -0.494 e. The molecule has 0 spiro atoms. The number of ether oxygens (including phenoxy) is 2. The van der Waals surface area contributed by atoms with Crippen LogP contribution in [0.3, 0.4) is 0 Å². The van der Waals surface area contributed by atoms with E-state index in [1.54, 1.807) is 0 Å². The van der Waals surface area contributed by atoms with Gasteiger partial charge in [0.15, 0.2) is 0 Å². The van der Waals surface area contributed by atoms with Crippen molar-refractivity contribution in [3.05, 3.63) is 29.8 Å². The van der Waals surface area contributed by atoms with Crippen LogP contribution in [0.5, 0.6) is 5.75 Å². The fraction of sp³-hybridized carbons (Fsp3) is 0.538. The summed E-state index contributed by atoms with van der Waals surface area (Å²) in [7, 11) is 0. The third-order valence-corrected chi connectivity index (χ3v) is 3.82. The first-order valence-corrected chi connectivity index (χ1v) is 7.14. The first-order chi connectivity index (χ1) is 8.31. The first kappa shape index (κ1) is 12.7. The molecule has 0 aromatic heterocycles.